The lowest BCUT2D eigenvalue weighted by Crippen LogP contribution is -2.13. The molecule has 0 saturated heterocycles. The van der Waals surface area contributed by atoms with E-state index in [-0.39, 0.29) is 23.7 Å². The van der Waals surface area contributed by atoms with Crippen LogP contribution < -0.4 is 10.2 Å². The van der Waals surface area contributed by atoms with E-state index in [0.29, 0.717) is 11.3 Å². The van der Waals surface area contributed by atoms with Gasteiger partial charge in [0.1, 0.15) is 5.76 Å². The number of hydrogen-bond donors (Lipinski definition) is 2. The first-order valence-electron chi connectivity index (χ1n) is 7.14. The van der Waals surface area contributed by atoms with Gasteiger partial charge in [-0.05, 0) is 24.6 Å². The fraction of sp³-hybridized carbons (Fsp3) is 0.294. The van der Waals surface area contributed by atoms with E-state index < -0.39 is 23.1 Å². The van der Waals surface area contributed by atoms with E-state index in [0.717, 1.165) is 6.07 Å². The molecule has 0 aliphatic heterocycles. The van der Waals surface area contributed by atoms with E-state index in [1.807, 2.05) is 0 Å². The Morgan fingerprint density at radius 1 is 1.25 bits per heavy atom. The number of methoxy groups -OCH3 is 2. The molecule has 24 heavy (non-hydrogen) atoms. The fourth-order valence-corrected chi connectivity index (χ4v) is 2.38. The summed E-state index contributed by atoms with van der Waals surface area (Å²) in [4.78, 5) is 23.6. The van der Waals surface area contributed by atoms with Crippen LogP contribution in [0, 0.1) is 6.92 Å². The Kier molecular flexibility index (Phi) is 5.13. The van der Waals surface area contributed by atoms with Crippen molar-refractivity contribution in [1.29, 1.82) is 0 Å². The lowest BCUT2D eigenvalue weighted by atomic mass is 9.92. The second-order valence-corrected chi connectivity index (χ2v) is 5.20. The number of phenols is 1. The molecule has 128 valence electrons. The third-order valence-electron chi connectivity index (χ3n) is 3.59. The van der Waals surface area contributed by atoms with Crippen molar-refractivity contribution in [1.82, 2.24) is 0 Å². The number of benzene rings is 1. The van der Waals surface area contributed by atoms with Crippen molar-refractivity contribution in [2.45, 2.75) is 19.3 Å². The second-order valence-electron chi connectivity index (χ2n) is 5.20. The number of ether oxygens (including phenoxy) is 2. The van der Waals surface area contributed by atoms with Crippen LogP contribution in [0.25, 0.3) is 0 Å². The van der Waals surface area contributed by atoms with Crippen molar-refractivity contribution in [3.63, 3.8) is 0 Å². The number of phenolic OH excluding ortho intramolecular Hbond substituents is 1. The van der Waals surface area contributed by atoms with E-state index in [2.05, 4.69) is 4.74 Å². The van der Waals surface area contributed by atoms with E-state index in [4.69, 9.17) is 9.15 Å². The molecule has 7 nitrogen and oxygen atoms in total. The third-order valence-corrected chi connectivity index (χ3v) is 3.59. The Morgan fingerprint density at radius 3 is 2.58 bits per heavy atom. The molecule has 0 unspecified atom stereocenters. The summed E-state index contributed by atoms with van der Waals surface area (Å²) in [6.07, 6.45) is -0.162. The highest BCUT2D eigenvalue weighted by Crippen LogP contribution is 2.37. The maximum absolute atomic E-state index is 11.8. The number of carbonyl (C=O) groups excluding carboxylic acids is 1. The topological polar surface area (TPSA) is 106 Å². The predicted octanol–water partition coefficient (Wildman–Crippen LogP) is 2.06. The number of aryl methyl sites for hydroxylation is 1. The molecule has 1 atom stereocenters. The van der Waals surface area contributed by atoms with Crippen LogP contribution in [0.3, 0.4) is 0 Å². The number of esters is 1. The molecule has 1 aromatic heterocycles. The van der Waals surface area contributed by atoms with Gasteiger partial charge in [-0.15, -0.1) is 0 Å². The van der Waals surface area contributed by atoms with Crippen LogP contribution in [-0.4, -0.2) is 30.4 Å². The number of hydrogen-bond acceptors (Lipinski definition) is 7. The molecule has 0 aliphatic rings. The molecule has 2 N–H and O–H groups in total. The lowest BCUT2D eigenvalue weighted by Gasteiger charge is -2.18. The molecule has 0 aliphatic carbocycles. The second kappa shape index (κ2) is 7.08. The summed E-state index contributed by atoms with van der Waals surface area (Å²) < 4.78 is 15.2. The molecule has 0 fully saturated rings. The summed E-state index contributed by atoms with van der Waals surface area (Å²) in [5, 5.41) is 19.8. The average molecular weight is 334 g/mol. The van der Waals surface area contributed by atoms with Crippen LogP contribution in [0.5, 0.6) is 17.2 Å². The van der Waals surface area contributed by atoms with Gasteiger partial charge in [0.05, 0.1) is 26.6 Å². The maximum atomic E-state index is 11.8. The van der Waals surface area contributed by atoms with Crippen molar-refractivity contribution in [3.8, 4) is 17.2 Å². The highest BCUT2D eigenvalue weighted by atomic mass is 16.5. The van der Waals surface area contributed by atoms with Crippen LogP contribution >= 0.6 is 0 Å². The van der Waals surface area contributed by atoms with Gasteiger partial charge in [-0.3, -0.25) is 9.59 Å². The molecular weight excluding hydrogens is 316 g/mol. The Balaban J connectivity index is 2.62. The van der Waals surface area contributed by atoms with Crippen LogP contribution in [0.15, 0.2) is 33.5 Å². The monoisotopic (exact) mass is 334 g/mol. The van der Waals surface area contributed by atoms with Gasteiger partial charge in [0.25, 0.3) is 0 Å². The molecule has 2 rings (SSSR count). The van der Waals surface area contributed by atoms with E-state index in [1.165, 1.54) is 26.4 Å². The van der Waals surface area contributed by atoms with Gasteiger partial charge in [0.2, 0.25) is 11.2 Å². The highest BCUT2D eigenvalue weighted by molar-refractivity contribution is 5.71. The molecule has 0 bridgehead atoms. The first-order chi connectivity index (χ1) is 11.4. The lowest BCUT2D eigenvalue weighted by molar-refractivity contribution is -0.140. The molecule has 0 amide bonds. The Morgan fingerprint density at radius 2 is 1.96 bits per heavy atom. The first kappa shape index (κ1) is 17.4. The van der Waals surface area contributed by atoms with Crippen LogP contribution in [0.4, 0.5) is 0 Å². The van der Waals surface area contributed by atoms with Crippen molar-refractivity contribution < 1.29 is 28.9 Å². The quantitative estimate of drug-likeness (QED) is 0.806. The largest absolute Gasteiger partial charge is 0.504 e. The molecule has 1 aromatic carbocycles. The van der Waals surface area contributed by atoms with Crippen molar-refractivity contribution in [3.05, 3.63) is 51.6 Å². The smallest absolute Gasteiger partial charge is 0.306 e. The molecule has 1 heterocycles. The van der Waals surface area contributed by atoms with Crippen LogP contribution in [0.1, 0.15) is 29.4 Å². The first-order valence-corrected chi connectivity index (χ1v) is 7.14. The molecule has 7 heteroatoms. The molecular formula is C17H18O7. The summed E-state index contributed by atoms with van der Waals surface area (Å²) >= 11 is 0. The SMILES string of the molecule is COC(=O)C[C@H](c1ccc(O)c(OC)c1)c1oc(C)cc(=O)c1O. The zero-order chi connectivity index (χ0) is 17.9. The van der Waals surface area contributed by atoms with Gasteiger partial charge in [-0.25, -0.2) is 0 Å². The molecule has 2 aromatic rings. The molecule has 0 saturated carbocycles. The van der Waals surface area contributed by atoms with Crippen LogP contribution in [0.2, 0.25) is 0 Å². The normalized spacial score (nSPS) is 11.8. The van der Waals surface area contributed by atoms with Crippen LogP contribution in [-0.2, 0) is 9.53 Å². The fourth-order valence-electron chi connectivity index (χ4n) is 2.38. The van der Waals surface area contributed by atoms with Gasteiger partial charge in [0, 0.05) is 6.07 Å². The van der Waals surface area contributed by atoms with Gasteiger partial charge in [-0.1, -0.05) is 6.07 Å². The number of aromatic hydroxyl groups is 2. The summed E-state index contributed by atoms with van der Waals surface area (Å²) in [5.41, 5.74) is -0.0894. The average Bonchev–Trinajstić information content (AvgIpc) is 2.56. The standard InChI is InChI=1S/C17H18O7/c1-9-6-13(19)16(21)17(24-9)11(8-15(20)23-3)10-4-5-12(18)14(7-10)22-2/h4-7,11,18,21H,8H2,1-3H3/t11-/m1/s1. The van der Waals surface area contributed by atoms with Gasteiger partial charge >= 0.3 is 5.97 Å². The number of rotatable bonds is 5. The molecule has 0 radical (unpaired) electrons. The third kappa shape index (κ3) is 3.51. The predicted molar refractivity (Wildman–Crippen MR) is 84.5 cm³/mol. The Hall–Kier alpha value is -2.96. The minimum absolute atomic E-state index is 0.0434. The zero-order valence-electron chi connectivity index (χ0n) is 13.5. The Labute approximate surface area is 138 Å². The highest BCUT2D eigenvalue weighted by Gasteiger charge is 2.27. The van der Waals surface area contributed by atoms with Crippen molar-refractivity contribution in [2.24, 2.45) is 0 Å². The number of carbonyl (C=O) groups is 1. The maximum Gasteiger partial charge on any atom is 0.306 e. The van der Waals surface area contributed by atoms with Crippen molar-refractivity contribution in [2.75, 3.05) is 14.2 Å². The minimum atomic E-state index is -0.778. The van der Waals surface area contributed by atoms with E-state index >= 15 is 0 Å². The van der Waals surface area contributed by atoms with Crippen molar-refractivity contribution >= 4 is 5.97 Å². The summed E-state index contributed by atoms with van der Waals surface area (Å²) in [7, 11) is 2.63. The van der Waals surface area contributed by atoms with E-state index in [1.54, 1.807) is 13.0 Å². The minimum Gasteiger partial charge on any atom is -0.504 e. The zero-order valence-corrected chi connectivity index (χ0v) is 13.5. The molecule has 0 spiro atoms. The van der Waals surface area contributed by atoms with Gasteiger partial charge in [0.15, 0.2) is 17.3 Å². The summed E-state index contributed by atoms with van der Waals surface area (Å²) in [6, 6.07) is 5.60. The summed E-state index contributed by atoms with van der Waals surface area (Å²) in [5.74, 6) is -1.52. The van der Waals surface area contributed by atoms with E-state index in [9.17, 15) is 19.8 Å². The van der Waals surface area contributed by atoms with Gasteiger partial charge < -0.3 is 24.1 Å². The van der Waals surface area contributed by atoms with Gasteiger partial charge in [-0.2, -0.15) is 0 Å². The summed E-state index contributed by atoms with van der Waals surface area (Å²) in [6.45, 7) is 1.57. The Bertz CT molecular complexity index is 807.